The van der Waals surface area contributed by atoms with Crippen LogP contribution in [0.4, 0.5) is 0 Å². The zero-order valence-corrected chi connectivity index (χ0v) is 12.8. The second-order valence-corrected chi connectivity index (χ2v) is 5.97. The summed E-state index contributed by atoms with van der Waals surface area (Å²) < 4.78 is 0. The van der Waals surface area contributed by atoms with Crippen LogP contribution in [0.5, 0.6) is 0 Å². The highest BCUT2D eigenvalue weighted by atomic mass is 32.1. The van der Waals surface area contributed by atoms with E-state index in [1.54, 1.807) is 11.3 Å². The van der Waals surface area contributed by atoms with Crippen LogP contribution in [0.25, 0.3) is 0 Å². The maximum Gasteiger partial charge on any atom is 0.225 e. The van der Waals surface area contributed by atoms with Crippen LogP contribution in [0.3, 0.4) is 0 Å². The van der Waals surface area contributed by atoms with Crippen molar-refractivity contribution in [2.24, 2.45) is 0 Å². The summed E-state index contributed by atoms with van der Waals surface area (Å²) in [6.07, 6.45) is 2.24. The number of carbonyl (C=O) groups is 1. The highest BCUT2D eigenvalue weighted by molar-refractivity contribution is 7.11. The topological polar surface area (TPSA) is 42.0 Å². The lowest BCUT2D eigenvalue weighted by atomic mass is 10.2. The lowest BCUT2D eigenvalue weighted by molar-refractivity contribution is -0.120. The Morgan fingerprint density at radius 1 is 1.30 bits per heavy atom. The highest BCUT2D eigenvalue weighted by Crippen LogP contribution is 2.21. The number of thiazole rings is 1. The first-order valence-electron chi connectivity index (χ1n) is 6.95. The van der Waals surface area contributed by atoms with E-state index in [-0.39, 0.29) is 5.91 Å². The van der Waals surface area contributed by atoms with Crippen LogP contribution in [0.1, 0.15) is 34.5 Å². The van der Waals surface area contributed by atoms with Crippen molar-refractivity contribution in [1.82, 2.24) is 10.3 Å². The molecule has 0 fully saturated rings. The number of rotatable bonds is 6. The van der Waals surface area contributed by atoms with Gasteiger partial charge in [0.15, 0.2) is 0 Å². The quantitative estimate of drug-likeness (QED) is 0.887. The normalized spacial score (nSPS) is 10.5. The molecule has 2 rings (SSSR count). The summed E-state index contributed by atoms with van der Waals surface area (Å²) in [5, 5.41) is 3.98. The van der Waals surface area contributed by atoms with E-state index in [4.69, 9.17) is 0 Å². The Balaban J connectivity index is 2.00. The van der Waals surface area contributed by atoms with Crippen LogP contribution in [0.2, 0.25) is 0 Å². The summed E-state index contributed by atoms with van der Waals surface area (Å²) in [6, 6.07) is 10.3. The van der Waals surface area contributed by atoms with E-state index in [0.29, 0.717) is 6.42 Å². The Hall–Kier alpha value is -1.68. The number of hydrogen-bond acceptors (Lipinski definition) is 3. The summed E-state index contributed by atoms with van der Waals surface area (Å²) in [5.74, 6) is 0.0878. The number of benzene rings is 1. The van der Waals surface area contributed by atoms with Gasteiger partial charge in [-0.25, -0.2) is 4.98 Å². The third-order valence-electron chi connectivity index (χ3n) is 3.03. The third-order valence-corrected chi connectivity index (χ3v) is 4.19. The van der Waals surface area contributed by atoms with Crippen molar-refractivity contribution in [1.29, 1.82) is 0 Å². The molecule has 1 aromatic heterocycles. The molecule has 1 heterocycles. The van der Waals surface area contributed by atoms with Crippen molar-refractivity contribution in [2.75, 3.05) is 6.54 Å². The van der Waals surface area contributed by atoms with Crippen molar-refractivity contribution in [3.05, 3.63) is 51.5 Å². The Morgan fingerprint density at radius 2 is 2.05 bits per heavy atom. The maximum atomic E-state index is 11.8. The molecule has 3 nitrogen and oxygen atoms in total. The number of nitrogens with one attached hydrogen (secondary N) is 1. The van der Waals surface area contributed by atoms with Crippen LogP contribution in [0.15, 0.2) is 30.3 Å². The molecule has 1 amide bonds. The largest absolute Gasteiger partial charge is 0.356 e. The first kappa shape index (κ1) is 14.7. The van der Waals surface area contributed by atoms with E-state index >= 15 is 0 Å². The van der Waals surface area contributed by atoms with E-state index in [0.717, 1.165) is 35.0 Å². The summed E-state index contributed by atoms with van der Waals surface area (Å²) in [7, 11) is 0. The molecular formula is C16H20N2OS. The van der Waals surface area contributed by atoms with Gasteiger partial charge in [-0.2, -0.15) is 0 Å². The monoisotopic (exact) mass is 288 g/mol. The fourth-order valence-corrected chi connectivity index (χ4v) is 3.07. The molecule has 1 aromatic carbocycles. The van der Waals surface area contributed by atoms with Crippen molar-refractivity contribution in [3.63, 3.8) is 0 Å². The summed E-state index contributed by atoms with van der Waals surface area (Å²) in [4.78, 5) is 17.4. The van der Waals surface area contributed by atoms with Gasteiger partial charge in [0.25, 0.3) is 0 Å². The van der Waals surface area contributed by atoms with Gasteiger partial charge in [0.2, 0.25) is 5.91 Å². The molecule has 0 bridgehead atoms. The second-order valence-electron chi connectivity index (χ2n) is 4.81. The van der Waals surface area contributed by atoms with Gasteiger partial charge in [0, 0.05) is 17.8 Å². The van der Waals surface area contributed by atoms with E-state index in [1.165, 1.54) is 5.56 Å². The highest BCUT2D eigenvalue weighted by Gasteiger charge is 2.11. The molecular weight excluding hydrogens is 268 g/mol. The number of hydrogen-bond donors (Lipinski definition) is 1. The predicted molar refractivity (Wildman–Crippen MR) is 83.1 cm³/mol. The van der Waals surface area contributed by atoms with Crippen LogP contribution in [0, 0.1) is 6.92 Å². The third kappa shape index (κ3) is 4.17. The molecule has 106 valence electrons. The fourth-order valence-electron chi connectivity index (χ4n) is 1.97. The molecule has 1 N–H and O–H groups in total. The number of nitrogens with zero attached hydrogens (tertiary/aromatic N) is 1. The predicted octanol–water partition coefficient (Wildman–Crippen LogP) is 3.11. The maximum absolute atomic E-state index is 11.8. The zero-order valence-electron chi connectivity index (χ0n) is 12.0. The molecule has 20 heavy (non-hydrogen) atoms. The summed E-state index contributed by atoms with van der Waals surface area (Å²) in [5.41, 5.74) is 2.23. The molecule has 0 aliphatic carbocycles. The Bertz CT molecular complexity index is 563. The molecule has 0 aliphatic rings. The van der Waals surface area contributed by atoms with Crippen molar-refractivity contribution in [3.8, 4) is 0 Å². The van der Waals surface area contributed by atoms with Gasteiger partial charge in [-0.05, 0) is 18.9 Å². The van der Waals surface area contributed by atoms with Gasteiger partial charge >= 0.3 is 0 Å². The minimum atomic E-state index is 0.0878. The summed E-state index contributed by atoms with van der Waals surface area (Å²) >= 11 is 1.64. The van der Waals surface area contributed by atoms with E-state index < -0.39 is 0 Å². The molecule has 0 atom stereocenters. The van der Waals surface area contributed by atoms with Gasteiger partial charge in [0.05, 0.1) is 17.1 Å². The van der Waals surface area contributed by atoms with Crippen LogP contribution in [-0.2, 0) is 17.6 Å². The van der Waals surface area contributed by atoms with E-state index in [1.807, 2.05) is 25.1 Å². The minimum Gasteiger partial charge on any atom is -0.356 e. The Kier molecular flexibility index (Phi) is 5.30. The average molecular weight is 288 g/mol. The fraction of sp³-hybridized carbons (Fsp3) is 0.375. The smallest absolute Gasteiger partial charge is 0.225 e. The van der Waals surface area contributed by atoms with Gasteiger partial charge in [-0.15, -0.1) is 11.3 Å². The molecule has 0 saturated heterocycles. The number of aryl methyl sites for hydroxylation is 1. The van der Waals surface area contributed by atoms with Crippen molar-refractivity contribution in [2.45, 2.75) is 33.1 Å². The second kappa shape index (κ2) is 7.20. The molecule has 0 aliphatic heterocycles. The van der Waals surface area contributed by atoms with Gasteiger partial charge in [-0.3, -0.25) is 4.79 Å². The number of aromatic nitrogens is 1. The van der Waals surface area contributed by atoms with Gasteiger partial charge in [-0.1, -0.05) is 37.3 Å². The molecule has 0 radical (unpaired) electrons. The molecule has 0 unspecified atom stereocenters. The van der Waals surface area contributed by atoms with Gasteiger partial charge in [0.1, 0.15) is 0 Å². The van der Waals surface area contributed by atoms with E-state index in [9.17, 15) is 4.79 Å². The minimum absolute atomic E-state index is 0.0878. The number of amides is 1. The lowest BCUT2D eigenvalue weighted by Gasteiger charge is -2.01. The van der Waals surface area contributed by atoms with Crippen LogP contribution >= 0.6 is 11.3 Å². The first-order chi connectivity index (χ1) is 9.69. The van der Waals surface area contributed by atoms with Gasteiger partial charge < -0.3 is 5.32 Å². The molecule has 2 aromatic rings. The van der Waals surface area contributed by atoms with E-state index in [2.05, 4.69) is 29.4 Å². The standard InChI is InChI=1S/C16H20N2OS/c1-3-9-17-15(19)11-14-12(2)18-16(20-14)10-13-7-5-4-6-8-13/h4-8H,3,9-11H2,1-2H3,(H,17,19). The molecule has 0 saturated carbocycles. The van der Waals surface area contributed by atoms with Crippen molar-refractivity contribution < 1.29 is 4.79 Å². The van der Waals surface area contributed by atoms with Crippen LogP contribution < -0.4 is 5.32 Å². The van der Waals surface area contributed by atoms with Crippen molar-refractivity contribution >= 4 is 17.2 Å². The first-order valence-corrected chi connectivity index (χ1v) is 7.76. The molecule has 0 spiro atoms. The lowest BCUT2D eigenvalue weighted by Crippen LogP contribution is -2.25. The summed E-state index contributed by atoms with van der Waals surface area (Å²) in [6.45, 7) is 4.77. The SMILES string of the molecule is CCCNC(=O)Cc1sc(Cc2ccccc2)nc1C. The zero-order chi connectivity index (χ0) is 14.4. The van der Waals surface area contributed by atoms with Crippen LogP contribution in [-0.4, -0.2) is 17.4 Å². The Labute approximate surface area is 124 Å². The Morgan fingerprint density at radius 3 is 2.75 bits per heavy atom. The average Bonchev–Trinajstić information content (AvgIpc) is 2.77. The molecule has 4 heteroatoms. The number of carbonyl (C=O) groups excluding carboxylic acids is 1.